The summed E-state index contributed by atoms with van der Waals surface area (Å²) in [4.78, 5) is 23.6. The Bertz CT molecular complexity index is 915. The van der Waals surface area contributed by atoms with E-state index in [1.807, 2.05) is 6.07 Å². The van der Waals surface area contributed by atoms with Gasteiger partial charge in [-0.15, -0.1) is 0 Å². The molecule has 1 amide bonds. The topological polar surface area (TPSA) is 60.9 Å². The molecule has 1 N–H and O–H groups in total. The van der Waals surface area contributed by atoms with Crippen molar-refractivity contribution < 1.29 is 9.53 Å². The fraction of sp³-hybridized carbons (Fsp3) is 0.478. The van der Waals surface area contributed by atoms with Crippen LogP contribution in [0.4, 0.5) is 5.82 Å². The zero-order valence-electron chi connectivity index (χ0n) is 18.1. The molecule has 9 heteroatoms. The number of ether oxygens (including phenoxy) is 1. The Labute approximate surface area is 199 Å². The number of benzene rings is 1. The largest absolute Gasteiger partial charge is 0.379 e. The summed E-state index contributed by atoms with van der Waals surface area (Å²) < 4.78 is 5.44. The molecule has 2 saturated heterocycles. The number of nitrogens with zero attached hydrogens (tertiary/aromatic N) is 4. The number of morpholine rings is 1. The van der Waals surface area contributed by atoms with E-state index in [2.05, 4.69) is 43.2 Å². The number of carbonyl (C=O) groups is 1. The Balaban J connectivity index is 1.24. The van der Waals surface area contributed by atoms with Gasteiger partial charge in [0.05, 0.1) is 29.8 Å². The van der Waals surface area contributed by atoms with Crippen LogP contribution in [0.15, 0.2) is 36.5 Å². The molecule has 0 radical (unpaired) electrons. The monoisotopic (exact) mass is 477 g/mol. The van der Waals surface area contributed by atoms with Gasteiger partial charge in [0.1, 0.15) is 5.82 Å². The van der Waals surface area contributed by atoms with Crippen molar-refractivity contribution in [2.75, 3.05) is 63.9 Å². The lowest BCUT2D eigenvalue weighted by molar-refractivity contribution is -0.122. The van der Waals surface area contributed by atoms with Crippen molar-refractivity contribution in [2.45, 2.75) is 13.1 Å². The van der Waals surface area contributed by atoms with E-state index in [1.165, 1.54) is 11.1 Å². The number of aromatic nitrogens is 1. The third-order valence-corrected chi connectivity index (χ3v) is 6.40. The molecule has 2 aliphatic heterocycles. The standard InChI is InChI=1S/C23H29Cl2N5O2/c24-20-13-21(25)23(27-15-20)30-7-5-28(6-8-30)17-22(31)26-14-18-3-1-2-4-19(18)16-29-9-11-32-12-10-29/h1-4,13,15H,5-12,14,16-17H2,(H,26,31). The van der Waals surface area contributed by atoms with Crippen LogP contribution in [0.25, 0.3) is 0 Å². The number of nitrogens with one attached hydrogen (secondary N) is 1. The molecule has 2 aromatic rings. The quantitative estimate of drug-likeness (QED) is 0.661. The van der Waals surface area contributed by atoms with Gasteiger partial charge in [-0.3, -0.25) is 14.6 Å². The molecular formula is C23H29Cl2N5O2. The first-order valence-corrected chi connectivity index (χ1v) is 11.8. The van der Waals surface area contributed by atoms with Crippen LogP contribution in [0.2, 0.25) is 10.0 Å². The first-order chi connectivity index (χ1) is 15.6. The van der Waals surface area contributed by atoms with Crippen LogP contribution in [-0.2, 0) is 22.6 Å². The van der Waals surface area contributed by atoms with Crippen molar-refractivity contribution in [3.63, 3.8) is 0 Å². The molecule has 0 bridgehead atoms. The van der Waals surface area contributed by atoms with E-state index in [0.717, 1.165) is 64.8 Å². The van der Waals surface area contributed by atoms with Gasteiger partial charge in [-0.2, -0.15) is 0 Å². The van der Waals surface area contributed by atoms with E-state index < -0.39 is 0 Å². The molecule has 4 rings (SSSR count). The minimum atomic E-state index is 0.0438. The highest BCUT2D eigenvalue weighted by molar-refractivity contribution is 6.36. The molecule has 172 valence electrons. The van der Waals surface area contributed by atoms with Crippen molar-refractivity contribution in [1.29, 1.82) is 0 Å². The van der Waals surface area contributed by atoms with E-state index in [-0.39, 0.29) is 5.91 Å². The van der Waals surface area contributed by atoms with Crippen LogP contribution in [-0.4, -0.2) is 79.7 Å². The summed E-state index contributed by atoms with van der Waals surface area (Å²) in [6.07, 6.45) is 1.61. The second-order valence-electron chi connectivity index (χ2n) is 8.16. The van der Waals surface area contributed by atoms with Gasteiger partial charge >= 0.3 is 0 Å². The maximum absolute atomic E-state index is 12.6. The Morgan fingerprint density at radius 2 is 1.72 bits per heavy atom. The zero-order chi connectivity index (χ0) is 22.3. The first-order valence-electron chi connectivity index (χ1n) is 11.0. The van der Waals surface area contributed by atoms with E-state index >= 15 is 0 Å². The second kappa shape index (κ2) is 11.3. The number of anilines is 1. The molecule has 0 atom stereocenters. The van der Waals surface area contributed by atoms with E-state index in [1.54, 1.807) is 12.3 Å². The molecule has 32 heavy (non-hydrogen) atoms. The highest BCUT2D eigenvalue weighted by Crippen LogP contribution is 2.26. The molecule has 1 aromatic heterocycles. The van der Waals surface area contributed by atoms with Gasteiger partial charge in [0.2, 0.25) is 5.91 Å². The predicted octanol–water partition coefficient (Wildman–Crippen LogP) is 2.66. The van der Waals surface area contributed by atoms with Gasteiger partial charge in [0.25, 0.3) is 0 Å². The lowest BCUT2D eigenvalue weighted by Gasteiger charge is -2.35. The Kier molecular flexibility index (Phi) is 8.21. The van der Waals surface area contributed by atoms with Crippen LogP contribution in [0.3, 0.4) is 0 Å². The highest BCUT2D eigenvalue weighted by Gasteiger charge is 2.21. The molecular weight excluding hydrogens is 449 g/mol. The highest BCUT2D eigenvalue weighted by atomic mass is 35.5. The molecule has 2 aliphatic rings. The van der Waals surface area contributed by atoms with Crippen molar-refractivity contribution >= 4 is 34.9 Å². The number of carbonyl (C=O) groups excluding carboxylic acids is 1. The molecule has 1 aromatic carbocycles. The molecule has 0 unspecified atom stereocenters. The van der Waals surface area contributed by atoms with Gasteiger partial charge < -0.3 is 15.0 Å². The minimum absolute atomic E-state index is 0.0438. The smallest absolute Gasteiger partial charge is 0.234 e. The summed E-state index contributed by atoms with van der Waals surface area (Å²) >= 11 is 12.2. The van der Waals surface area contributed by atoms with Gasteiger partial charge in [0, 0.05) is 58.6 Å². The molecule has 2 fully saturated rings. The fourth-order valence-corrected chi connectivity index (χ4v) is 4.59. The van der Waals surface area contributed by atoms with Crippen LogP contribution in [0, 0.1) is 0 Å². The summed E-state index contributed by atoms with van der Waals surface area (Å²) in [7, 11) is 0. The van der Waals surface area contributed by atoms with E-state index in [0.29, 0.717) is 23.1 Å². The summed E-state index contributed by atoms with van der Waals surface area (Å²) in [6.45, 7) is 8.38. The number of amides is 1. The molecule has 0 spiro atoms. The lowest BCUT2D eigenvalue weighted by Crippen LogP contribution is -2.49. The van der Waals surface area contributed by atoms with Crippen LogP contribution in [0.5, 0.6) is 0 Å². The number of hydrogen-bond acceptors (Lipinski definition) is 6. The molecule has 3 heterocycles. The summed E-state index contributed by atoms with van der Waals surface area (Å²) in [5, 5.41) is 4.18. The SMILES string of the molecule is O=C(CN1CCN(c2ncc(Cl)cc2Cl)CC1)NCc1ccccc1CN1CCOCC1. The number of pyridine rings is 1. The van der Waals surface area contributed by atoms with Gasteiger partial charge in [-0.25, -0.2) is 4.98 Å². The number of halogens is 2. The minimum Gasteiger partial charge on any atom is -0.379 e. The van der Waals surface area contributed by atoms with Crippen molar-refractivity contribution in [3.05, 3.63) is 57.7 Å². The summed E-state index contributed by atoms with van der Waals surface area (Å²) in [5.41, 5.74) is 2.43. The van der Waals surface area contributed by atoms with E-state index in [4.69, 9.17) is 27.9 Å². The predicted molar refractivity (Wildman–Crippen MR) is 127 cm³/mol. The zero-order valence-corrected chi connectivity index (χ0v) is 19.6. The fourth-order valence-electron chi connectivity index (χ4n) is 4.10. The Hall–Kier alpha value is -1.90. The molecule has 7 nitrogen and oxygen atoms in total. The lowest BCUT2D eigenvalue weighted by atomic mass is 10.1. The third-order valence-electron chi connectivity index (χ3n) is 5.92. The first kappa shape index (κ1) is 23.3. The normalized spacial score (nSPS) is 18.0. The number of piperazine rings is 1. The maximum atomic E-state index is 12.6. The second-order valence-corrected chi connectivity index (χ2v) is 9.00. The van der Waals surface area contributed by atoms with E-state index in [9.17, 15) is 4.79 Å². The van der Waals surface area contributed by atoms with Crippen LogP contribution >= 0.6 is 23.2 Å². The van der Waals surface area contributed by atoms with Crippen LogP contribution < -0.4 is 10.2 Å². The average Bonchev–Trinajstić information content (AvgIpc) is 2.80. The van der Waals surface area contributed by atoms with Crippen molar-refractivity contribution in [3.8, 4) is 0 Å². The number of hydrogen-bond donors (Lipinski definition) is 1. The van der Waals surface area contributed by atoms with Crippen LogP contribution in [0.1, 0.15) is 11.1 Å². The van der Waals surface area contributed by atoms with Gasteiger partial charge in [-0.1, -0.05) is 47.5 Å². The van der Waals surface area contributed by atoms with Crippen molar-refractivity contribution in [2.24, 2.45) is 0 Å². The Morgan fingerprint density at radius 1 is 1.00 bits per heavy atom. The van der Waals surface area contributed by atoms with Gasteiger partial charge in [-0.05, 0) is 17.2 Å². The Morgan fingerprint density at radius 3 is 2.44 bits per heavy atom. The molecule has 0 saturated carbocycles. The number of rotatable bonds is 7. The van der Waals surface area contributed by atoms with Crippen molar-refractivity contribution in [1.82, 2.24) is 20.1 Å². The summed E-state index contributed by atoms with van der Waals surface area (Å²) in [6, 6.07) is 10.0. The summed E-state index contributed by atoms with van der Waals surface area (Å²) in [5.74, 6) is 0.791. The third kappa shape index (κ3) is 6.33. The average molecular weight is 478 g/mol. The van der Waals surface area contributed by atoms with Gasteiger partial charge in [0.15, 0.2) is 0 Å². The molecule has 0 aliphatic carbocycles. The maximum Gasteiger partial charge on any atom is 0.234 e.